The summed E-state index contributed by atoms with van der Waals surface area (Å²) in [5, 5.41) is 0. The molecule has 0 radical (unpaired) electrons. The third-order valence-electron chi connectivity index (χ3n) is 1.69. The van der Waals surface area contributed by atoms with Crippen LogP contribution in [0.5, 0.6) is 0 Å². The zero-order valence-corrected chi connectivity index (χ0v) is 9.03. The number of rotatable bonds is 5. The van der Waals surface area contributed by atoms with Crippen molar-refractivity contribution in [2.45, 2.75) is 31.9 Å². The van der Waals surface area contributed by atoms with Gasteiger partial charge in [0.2, 0.25) is 0 Å². The first-order valence-corrected chi connectivity index (χ1v) is 4.52. The van der Waals surface area contributed by atoms with E-state index in [9.17, 15) is 35.5 Å². The maximum atomic E-state index is 12.4. The Morgan fingerprint density at radius 2 is 1.72 bits per heavy atom. The van der Waals surface area contributed by atoms with Crippen molar-refractivity contribution in [1.82, 2.24) is 0 Å². The fourth-order valence-electron chi connectivity index (χ4n) is 0.723. The van der Waals surface area contributed by atoms with E-state index in [-0.39, 0.29) is 0 Å². The molecule has 0 atom stereocenters. The molecule has 0 aromatic rings. The minimum absolute atomic E-state index is 0.408. The number of allylic oxidation sites excluding steroid dienone is 1. The number of hydrogen-bond acceptors (Lipinski definition) is 2. The summed E-state index contributed by atoms with van der Waals surface area (Å²) in [4.78, 5) is 10.9. The Kier molecular flexibility index (Phi) is 5.62. The Balaban J connectivity index is 4.39. The molecule has 0 saturated carbocycles. The van der Waals surface area contributed by atoms with Gasteiger partial charge in [0, 0.05) is 12.0 Å². The Morgan fingerprint density at radius 1 is 1.22 bits per heavy atom. The van der Waals surface area contributed by atoms with Gasteiger partial charge < -0.3 is 4.74 Å². The number of esters is 1. The van der Waals surface area contributed by atoms with Gasteiger partial charge in [-0.2, -0.15) is 22.0 Å². The van der Waals surface area contributed by atoms with Crippen molar-refractivity contribution in [2.75, 3.05) is 6.61 Å². The molecule has 0 amide bonds. The highest BCUT2D eigenvalue weighted by molar-refractivity contribution is 5.87. The summed E-state index contributed by atoms with van der Waals surface area (Å²) in [5.74, 6) is -5.83. The largest absolute Gasteiger partial charge is 0.453 e. The Hall–Kier alpha value is -1.28. The van der Waals surface area contributed by atoms with Crippen LogP contribution in [-0.4, -0.2) is 31.1 Å². The molecule has 0 aliphatic carbocycles. The standard InChI is InChI=1S/C9H9F7O2/c1-5(2-3-8(12,13)7(10)11)6(17)18-4-9(14,15)16/h2,7H,3-4H2,1H3. The normalized spacial score (nSPS) is 13.9. The van der Waals surface area contributed by atoms with E-state index in [1.54, 1.807) is 0 Å². The second-order valence-corrected chi connectivity index (χ2v) is 3.34. The first kappa shape index (κ1) is 16.7. The van der Waals surface area contributed by atoms with E-state index >= 15 is 0 Å². The van der Waals surface area contributed by atoms with Gasteiger partial charge in [-0.1, -0.05) is 6.08 Å². The summed E-state index contributed by atoms with van der Waals surface area (Å²) >= 11 is 0. The fraction of sp³-hybridized carbons (Fsp3) is 0.667. The lowest BCUT2D eigenvalue weighted by Gasteiger charge is -2.13. The monoisotopic (exact) mass is 282 g/mol. The molecule has 0 rings (SSSR count). The van der Waals surface area contributed by atoms with Gasteiger partial charge in [-0.3, -0.25) is 0 Å². The van der Waals surface area contributed by atoms with E-state index in [0.29, 0.717) is 6.08 Å². The summed E-state index contributed by atoms with van der Waals surface area (Å²) in [7, 11) is 0. The zero-order valence-electron chi connectivity index (χ0n) is 9.03. The van der Waals surface area contributed by atoms with E-state index < -0.39 is 43.1 Å². The van der Waals surface area contributed by atoms with Crippen LogP contribution in [0.2, 0.25) is 0 Å². The molecule has 0 saturated heterocycles. The van der Waals surface area contributed by atoms with E-state index in [1.165, 1.54) is 0 Å². The van der Waals surface area contributed by atoms with Crippen LogP contribution in [0.1, 0.15) is 13.3 Å². The van der Waals surface area contributed by atoms with E-state index in [1.807, 2.05) is 0 Å². The van der Waals surface area contributed by atoms with E-state index in [4.69, 9.17) is 0 Å². The molecule has 18 heavy (non-hydrogen) atoms. The quantitative estimate of drug-likeness (QED) is 0.439. The van der Waals surface area contributed by atoms with Crippen LogP contribution in [0.4, 0.5) is 30.7 Å². The minimum Gasteiger partial charge on any atom is -0.453 e. The lowest BCUT2D eigenvalue weighted by Crippen LogP contribution is -2.26. The molecular weight excluding hydrogens is 273 g/mol. The number of hydrogen-bond donors (Lipinski definition) is 0. The van der Waals surface area contributed by atoms with Crippen LogP contribution in [-0.2, 0) is 9.53 Å². The van der Waals surface area contributed by atoms with Crippen molar-refractivity contribution < 1.29 is 40.3 Å². The molecule has 0 fully saturated rings. The van der Waals surface area contributed by atoms with E-state index in [2.05, 4.69) is 4.74 Å². The maximum absolute atomic E-state index is 12.4. The summed E-state index contributed by atoms with van der Waals surface area (Å²) < 4.78 is 86.9. The molecule has 2 nitrogen and oxygen atoms in total. The molecule has 0 bridgehead atoms. The number of ether oxygens (including phenoxy) is 1. The molecule has 0 aliphatic heterocycles. The van der Waals surface area contributed by atoms with Crippen LogP contribution >= 0.6 is 0 Å². The highest BCUT2D eigenvalue weighted by Gasteiger charge is 2.39. The molecule has 0 N–H and O–H groups in total. The Labute approximate surface area is 97.4 Å². The van der Waals surface area contributed by atoms with Crippen molar-refractivity contribution in [3.8, 4) is 0 Å². The van der Waals surface area contributed by atoms with Gasteiger partial charge in [-0.25, -0.2) is 13.6 Å². The first-order chi connectivity index (χ1) is 7.96. The lowest BCUT2D eigenvalue weighted by molar-refractivity contribution is -0.183. The second-order valence-electron chi connectivity index (χ2n) is 3.34. The third kappa shape index (κ3) is 6.45. The fourth-order valence-corrected chi connectivity index (χ4v) is 0.723. The van der Waals surface area contributed by atoms with Crippen LogP contribution in [0, 0.1) is 0 Å². The van der Waals surface area contributed by atoms with Crippen molar-refractivity contribution in [2.24, 2.45) is 0 Å². The summed E-state index contributed by atoms with van der Waals surface area (Å²) in [6.45, 7) is -0.984. The molecule has 0 aliphatic rings. The third-order valence-corrected chi connectivity index (χ3v) is 1.69. The van der Waals surface area contributed by atoms with Crippen LogP contribution in [0.3, 0.4) is 0 Å². The molecule has 0 heterocycles. The number of carbonyl (C=O) groups excluding carboxylic acids is 1. The molecule has 106 valence electrons. The topological polar surface area (TPSA) is 26.3 Å². The molecule has 0 aromatic heterocycles. The molecular formula is C9H9F7O2. The molecule has 0 spiro atoms. The first-order valence-electron chi connectivity index (χ1n) is 4.52. The second kappa shape index (κ2) is 6.05. The van der Waals surface area contributed by atoms with E-state index in [0.717, 1.165) is 6.92 Å². The maximum Gasteiger partial charge on any atom is 0.422 e. The van der Waals surface area contributed by atoms with Crippen molar-refractivity contribution in [3.05, 3.63) is 11.6 Å². The Bertz CT molecular complexity index is 319. The Morgan fingerprint density at radius 3 is 2.11 bits per heavy atom. The number of carbonyl (C=O) groups is 1. The molecule has 9 heteroatoms. The summed E-state index contributed by atoms with van der Waals surface area (Å²) in [6, 6.07) is 0. The van der Waals surface area contributed by atoms with Crippen molar-refractivity contribution >= 4 is 5.97 Å². The average molecular weight is 282 g/mol. The highest BCUT2D eigenvalue weighted by Crippen LogP contribution is 2.27. The molecule has 0 aromatic carbocycles. The van der Waals surface area contributed by atoms with Gasteiger partial charge in [-0.05, 0) is 6.92 Å². The predicted octanol–water partition coefficient (Wildman–Crippen LogP) is 3.33. The zero-order chi connectivity index (χ0) is 14.6. The lowest BCUT2D eigenvalue weighted by atomic mass is 10.2. The van der Waals surface area contributed by atoms with Gasteiger partial charge in [-0.15, -0.1) is 0 Å². The van der Waals surface area contributed by atoms with Crippen LogP contribution in [0.15, 0.2) is 11.6 Å². The predicted molar refractivity (Wildman–Crippen MR) is 46.3 cm³/mol. The molecule has 0 unspecified atom stereocenters. The van der Waals surface area contributed by atoms with Gasteiger partial charge >= 0.3 is 24.5 Å². The average Bonchev–Trinajstić information content (AvgIpc) is 2.21. The smallest absolute Gasteiger partial charge is 0.422 e. The van der Waals surface area contributed by atoms with Gasteiger partial charge in [0.05, 0.1) is 0 Å². The minimum atomic E-state index is -4.75. The SMILES string of the molecule is CC(=CCC(F)(F)C(F)F)C(=O)OCC(F)(F)F. The van der Waals surface area contributed by atoms with Crippen LogP contribution < -0.4 is 0 Å². The van der Waals surface area contributed by atoms with Crippen LogP contribution in [0.25, 0.3) is 0 Å². The van der Waals surface area contributed by atoms with Gasteiger partial charge in [0.1, 0.15) is 0 Å². The number of halogens is 7. The van der Waals surface area contributed by atoms with Gasteiger partial charge in [0.25, 0.3) is 0 Å². The van der Waals surface area contributed by atoms with Crippen molar-refractivity contribution in [3.63, 3.8) is 0 Å². The van der Waals surface area contributed by atoms with Crippen molar-refractivity contribution in [1.29, 1.82) is 0 Å². The summed E-state index contributed by atoms with van der Waals surface area (Å²) in [5.41, 5.74) is -0.598. The highest BCUT2D eigenvalue weighted by atomic mass is 19.4. The number of alkyl halides is 7. The van der Waals surface area contributed by atoms with Gasteiger partial charge in [0.15, 0.2) is 6.61 Å². The summed E-state index contributed by atoms with van der Waals surface area (Å²) in [6.07, 6.45) is -9.72.